The molecule has 3 rings (SSSR count). The van der Waals surface area contributed by atoms with Gasteiger partial charge in [-0.25, -0.2) is 9.69 Å². The van der Waals surface area contributed by atoms with Crippen LogP contribution in [0.2, 0.25) is 0 Å². The van der Waals surface area contributed by atoms with Crippen LogP contribution in [-0.4, -0.2) is 67.7 Å². The highest BCUT2D eigenvalue weighted by Gasteiger charge is 2.44. The molecule has 8 nitrogen and oxygen atoms in total. The third-order valence-electron chi connectivity index (χ3n) is 4.47. The third kappa shape index (κ3) is 3.38. The molecule has 2 aliphatic rings. The molecule has 2 aliphatic heterocycles. The highest BCUT2D eigenvalue weighted by molar-refractivity contribution is 5.98. The minimum absolute atomic E-state index is 0.0193. The number of imide groups is 1. The molecule has 1 aromatic carbocycles. The smallest absolute Gasteiger partial charge is 0.417 e. The van der Waals surface area contributed by atoms with Gasteiger partial charge in [0.05, 0.1) is 20.3 Å². The summed E-state index contributed by atoms with van der Waals surface area (Å²) < 4.78 is 15.2. The lowest BCUT2D eigenvalue weighted by atomic mass is 10.0. The molecule has 134 valence electrons. The van der Waals surface area contributed by atoms with Crippen LogP contribution in [0.15, 0.2) is 18.2 Å². The zero-order valence-corrected chi connectivity index (χ0v) is 14.2. The predicted molar refractivity (Wildman–Crippen MR) is 86.4 cm³/mol. The number of nitrogens with zero attached hydrogens (tertiary/aromatic N) is 2. The van der Waals surface area contributed by atoms with Crippen molar-refractivity contribution in [1.82, 2.24) is 9.80 Å². The summed E-state index contributed by atoms with van der Waals surface area (Å²) in [7, 11) is 3.16. The molecular weight excluding hydrogens is 328 g/mol. The van der Waals surface area contributed by atoms with Gasteiger partial charge in [0.2, 0.25) is 5.91 Å². The number of ether oxygens (including phenoxy) is 3. The van der Waals surface area contributed by atoms with Gasteiger partial charge in [-0.05, 0) is 18.1 Å². The second kappa shape index (κ2) is 7.00. The van der Waals surface area contributed by atoms with E-state index in [4.69, 9.17) is 9.47 Å². The molecule has 0 atom stereocenters. The topological polar surface area (TPSA) is 85.4 Å². The van der Waals surface area contributed by atoms with E-state index in [9.17, 15) is 14.4 Å². The largest absolute Gasteiger partial charge is 0.497 e. The lowest BCUT2D eigenvalue weighted by Gasteiger charge is -2.42. The predicted octanol–water partition coefficient (Wildman–Crippen LogP) is 0.826. The van der Waals surface area contributed by atoms with Gasteiger partial charge in [0.25, 0.3) is 5.91 Å². The molecule has 2 heterocycles. The molecule has 2 saturated heterocycles. The normalized spacial score (nSPS) is 17.4. The molecule has 2 fully saturated rings. The second-order valence-electron chi connectivity index (χ2n) is 5.95. The number of carbonyl (C=O) groups is 3. The van der Waals surface area contributed by atoms with Crippen LogP contribution in [0.3, 0.4) is 0 Å². The number of hydrogen-bond acceptors (Lipinski definition) is 6. The minimum Gasteiger partial charge on any atom is -0.497 e. The van der Waals surface area contributed by atoms with E-state index in [1.54, 1.807) is 25.2 Å². The number of aryl methyl sites for hydroxylation is 1. The van der Waals surface area contributed by atoms with E-state index in [0.29, 0.717) is 37.4 Å². The summed E-state index contributed by atoms with van der Waals surface area (Å²) in [5.74, 6) is 1.01. The first-order chi connectivity index (χ1) is 12.0. The average molecular weight is 348 g/mol. The summed E-state index contributed by atoms with van der Waals surface area (Å²) in [6, 6.07) is 5.21. The van der Waals surface area contributed by atoms with E-state index >= 15 is 0 Å². The lowest BCUT2D eigenvalue weighted by Crippen LogP contribution is -2.62. The molecule has 0 bridgehead atoms. The van der Waals surface area contributed by atoms with Crippen molar-refractivity contribution in [3.8, 4) is 11.5 Å². The SMILES string of the molecule is COc1ccc(CCC(=O)N2CC(N3C(=O)COC3=O)C2)c(OC)c1. The van der Waals surface area contributed by atoms with Crippen LogP contribution in [-0.2, 0) is 20.7 Å². The molecule has 0 spiro atoms. The van der Waals surface area contributed by atoms with Gasteiger partial charge >= 0.3 is 6.09 Å². The van der Waals surface area contributed by atoms with Crippen LogP contribution in [0.5, 0.6) is 11.5 Å². The molecule has 0 aromatic heterocycles. The average Bonchev–Trinajstić information content (AvgIpc) is 2.91. The van der Waals surface area contributed by atoms with Gasteiger partial charge in [-0.15, -0.1) is 0 Å². The van der Waals surface area contributed by atoms with Gasteiger partial charge < -0.3 is 19.1 Å². The molecule has 0 saturated carbocycles. The first-order valence-electron chi connectivity index (χ1n) is 8.01. The number of cyclic esters (lactones) is 1. The Bertz CT molecular complexity index is 682. The summed E-state index contributed by atoms with van der Waals surface area (Å²) >= 11 is 0. The number of amides is 3. The first kappa shape index (κ1) is 17.1. The van der Waals surface area contributed by atoms with E-state index in [1.165, 1.54) is 0 Å². The quantitative estimate of drug-likeness (QED) is 0.757. The first-order valence-corrected chi connectivity index (χ1v) is 8.01. The van der Waals surface area contributed by atoms with E-state index in [2.05, 4.69) is 4.74 Å². The molecule has 8 heteroatoms. The molecule has 0 N–H and O–H groups in total. The van der Waals surface area contributed by atoms with Crippen molar-refractivity contribution in [1.29, 1.82) is 0 Å². The van der Waals surface area contributed by atoms with Crippen molar-refractivity contribution >= 4 is 17.9 Å². The van der Waals surface area contributed by atoms with Gasteiger partial charge in [-0.3, -0.25) is 9.59 Å². The Kier molecular flexibility index (Phi) is 4.78. The summed E-state index contributed by atoms with van der Waals surface area (Å²) in [4.78, 5) is 38.1. The fourth-order valence-corrected chi connectivity index (χ4v) is 3.00. The zero-order chi connectivity index (χ0) is 18.0. The van der Waals surface area contributed by atoms with Crippen molar-refractivity contribution < 1.29 is 28.6 Å². The van der Waals surface area contributed by atoms with Gasteiger partial charge in [-0.2, -0.15) is 0 Å². The molecule has 3 amide bonds. The van der Waals surface area contributed by atoms with Gasteiger partial charge in [-0.1, -0.05) is 6.07 Å². The molecular formula is C17H20N2O6. The van der Waals surface area contributed by atoms with Crippen LogP contribution in [0.25, 0.3) is 0 Å². The van der Waals surface area contributed by atoms with Crippen molar-refractivity contribution in [2.75, 3.05) is 33.9 Å². The van der Waals surface area contributed by atoms with Crippen molar-refractivity contribution in [3.05, 3.63) is 23.8 Å². The second-order valence-corrected chi connectivity index (χ2v) is 5.95. The number of carbonyl (C=O) groups excluding carboxylic acids is 3. The standard InChI is InChI=1S/C17H20N2O6/c1-23-13-5-3-11(14(7-13)24-2)4-6-15(20)18-8-12(9-18)19-16(21)10-25-17(19)22/h3,5,7,12H,4,6,8-10H2,1-2H3. The highest BCUT2D eigenvalue weighted by atomic mass is 16.6. The van der Waals surface area contributed by atoms with Crippen molar-refractivity contribution in [2.24, 2.45) is 0 Å². The van der Waals surface area contributed by atoms with Crippen LogP contribution in [0.1, 0.15) is 12.0 Å². The molecule has 0 radical (unpaired) electrons. The maximum absolute atomic E-state index is 12.3. The van der Waals surface area contributed by atoms with E-state index in [0.717, 1.165) is 10.5 Å². The Morgan fingerprint density at radius 1 is 1.24 bits per heavy atom. The Hall–Kier alpha value is -2.77. The Morgan fingerprint density at radius 3 is 2.60 bits per heavy atom. The number of hydrogen-bond donors (Lipinski definition) is 0. The molecule has 0 aliphatic carbocycles. The highest BCUT2D eigenvalue weighted by Crippen LogP contribution is 2.26. The van der Waals surface area contributed by atoms with Gasteiger partial charge in [0.15, 0.2) is 6.61 Å². The van der Waals surface area contributed by atoms with Crippen LogP contribution in [0, 0.1) is 0 Å². The lowest BCUT2D eigenvalue weighted by molar-refractivity contribution is -0.142. The number of benzene rings is 1. The molecule has 25 heavy (non-hydrogen) atoms. The summed E-state index contributed by atoms with van der Waals surface area (Å²) in [6.45, 7) is 0.513. The Balaban J connectivity index is 1.51. The maximum Gasteiger partial charge on any atom is 0.417 e. The molecule has 0 unspecified atom stereocenters. The Labute approximate surface area is 145 Å². The van der Waals surface area contributed by atoms with Gasteiger partial charge in [0.1, 0.15) is 11.5 Å². The number of likely N-dealkylation sites (tertiary alicyclic amines) is 1. The summed E-state index contributed by atoms with van der Waals surface area (Å²) in [5, 5.41) is 0. The van der Waals surface area contributed by atoms with E-state index < -0.39 is 6.09 Å². The molecule has 1 aromatic rings. The summed E-state index contributed by atoms with van der Waals surface area (Å²) in [5.41, 5.74) is 0.923. The number of methoxy groups -OCH3 is 2. The van der Waals surface area contributed by atoms with Crippen molar-refractivity contribution in [3.63, 3.8) is 0 Å². The monoisotopic (exact) mass is 348 g/mol. The van der Waals surface area contributed by atoms with E-state index in [-0.39, 0.29) is 24.5 Å². The van der Waals surface area contributed by atoms with Gasteiger partial charge in [0, 0.05) is 25.6 Å². The van der Waals surface area contributed by atoms with Crippen LogP contribution >= 0.6 is 0 Å². The van der Waals surface area contributed by atoms with Crippen molar-refractivity contribution in [2.45, 2.75) is 18.9 Å². The fraction of sp³-hybridized carbons (Fsp3) is 0.471. The minimum atomic E-state index is -0.620. The number of rotatable bonds is 6. The van der Waals surface area contributed by atoms with Crippen LogP contribution in [0.4, 0.5) is 4.79 Å². The van der Waals surface area contributed by atoms with Crippen LogP contribution < -0.4 is 9.47 Å². The Morgan fingerprint density at radius 2 is 2.00 bits per heavy atom. The maximum atomic E-state index is 12.3. The zero-order valence-electron chi connectivity index (χ0n) is 14.2. The van der Waals surface area contributed by atoms with E-state index in [1.807, 2.05) is 12.1 Å². The fourth-order valence-electron chi connectivity index (χ4n) is 3.00. The third-order valence-corrected chi connectivity index (χ3v) is 4.47. The summed E-state index contributed by atoms with van der Waals surface area (Å²) in [6.07, 6.45) is 0.246.